The quantitative estimate of drug-likeness (QED) is 0.687. The first kappa shape index (κ1) is 21.1. The molecule has 0 spiro atoms. The molecule has 0 bridgehead atoms. The largest absolute Gasteiger partial charge is 0.481 e. The summed E-state index contributed by atoms with van der Waals surface area (Å²) in [6.07, 6.45) is 8.97. The summed E-state index contributed by atoms with van der Waals surface area (Å²) < 4.78 is 0. The van der Waals surface area contributed by atoms with Gasteiger partial charge in [0.05, 0.1) is 6.42 Å². The summed E-state index contributed by atoms with van der Waals surface area (Å²) >= 11 is 1.81. The molecule has 0 amide bonds. The van der Waals surface area contributed by atoms with Crippen molar-refractivity contribution in [3.05, 3.63) is 11.6 Å². The van der Waals surface area contributed by atoms with E-state index in [2.05, 4.69) is 13.8 Å². The van der Waals surface area contributed by atoms with Gasteiger partial charge in [0.15, 0.2) is 5.78 Å². The molecule has 0 aromatic rings. The van der Waals surface area contributed by atoms with Gasteiger partial charge in [-0.1, -0.05) is 19.4 Å². The van der Waals surface area contributed by atoms with Gasteiger partial charge in [-0.05, 0) is 80.1 Å². The Labute approximate surface area is 178 Å². The zero-order chi connectivity index (χ0) is 21.0. The summed E-state index contributed by atoms with van der Waals surface area (Å²) in [7, 11) is 0. The Morgan fingerprint density at radius 3 is 2.62 bits per heavy atom. The van der Waals surface area contributed by atoms with Gasteiger partial charge in [-0.15, -0.1) is 0 Å². The second-order valence-electron chi connectivity index (χ2n) is 10.4. The minimum atomic E-state index is -0.743. The number of Topliss-reactive ketones (excluding diaryl/α,β-unsaturated/α-hetero) is 1. The first-order valence-corrected chi connectivity index (χ1v) is 12.3. The fourth-order valence-electron chi connectivity index (χ4n) is 7.64. The molecular formula is C24H34O4S. The number of hydrogen-bond acceptors (Lipinski definition) is 4. The second-order valence-corrected chi connectivity index (χ2v) is 11.7. The van der Waals surface area contributed by atoms with Gasteiger partial charge < -0.3 is 5.11 Å². The van der Waals surface area contributed by atoms with Crippen molar-refractivity contribution in [3.8, 4) is 0 Å². The third-order valence-corrected chi connectivity index (χ3v) is 10.4. The molecule has 0 aliphatic heterocycles. The summed E-state index contributed by atoms with van der Waals surface area (Å²) in [6.45, 7) is 6.49. The minimum Gasteiger partial charge on any atom is -0.481 e. The van der Waals surface area contributed by atoms with E-state index in [0.29, 0.717) is 41.0 Å². The maximum absolute atomic E-state index is 12.4. The van der Waals surface area contributed by atoms with Crippen molar-refractivity contribution in [3.63, 3.8) is 0 Å². The molecule has 0 radical (unpaired) electrons. The van der Waals surface area contributed by atoms with Crippen LogP contribution in [0.1, 0.15) is 72.1 Å². The zero-order valence-electron chi connectivity index (χ0n) is 17.9. The van der Waals surface area contributed by atoms with Crippen LogP contribution in [0.5, 0.6) is 0 Å². The molecule has 4 aliphatic rings. The number of thioether (sulfide) groups is 1. The highest BCUT2D eigenvalue weighted by molar-refractivity contribution is 7.99. The molecule has 5 heteroatoms. The number of carboxylic acids is 1. The Balaban J connectivity index is 1.68. The predicted octanol–water partition coefficient (Wildman–Crippen LogP) is 4.91. The van der Waals surface area contributed by atoms with Gasteiger partial charge in [0.2, 0.25) is 0 Å². The lowest BCUT2D eigenvalue weighted by Gasteiger charge is -2.60. The maximum Gasteiger partial charge on any atom is 0.304 e. The first-order chi connectivity index (χ1) is 13.7. The van der Waals surface area contributed by atoms with Crippen LogP contribution in [0, 0.1) is 34.5 Å². The van der Waals surface area contributed by atoms with Crippen LogP contribution in [0.4, 0.5) is 0 Å². The van der Waals surface area contributed by atoms with Gasteiger partial charge in [0.1, 0.15) is 5.78 Å². The van der Waals surface area contributed by atoms with Crippen LogP contribution in [0.25, 0.3) is 0 Å². The molecule has 4 aliphatic carbocycles. The van der Waals surface area contributed by atoms with Crippen LogP contribution >= 0.6 is 11.8 Å². The molecule has 3 saturated carbocycles. The standard InChI is InChI=1S/C24H34O4S/c1-14(25)17-4-5-18-22-19(7-10-24(17,18)3)23(2)9-6-16(26)12-15(23)13-20(22)29-11-8-21(27)28/h12,17-20,22H,4-11,13H2,1-3H3,(H,27,28)/t17-,18+,19+,20?,22+,23+,24-/m1/s1. The Kier molecular flexibility index (Phi) is 5.50. The van der Waals surface area contributed by atoms with Gasteiger partial charge in [-0.25, -0.2) is 0 Å². The summed E-state index contributed by atoms with van der Waals surface area (Å²) in [5, 5.41) is 9.48. The topological polar surface area (TPSA) is 71.4 Å². The molecule has 4 rings (SSSR count). The molecule has 7 atom stereocenters. The highest BCUT2D eigenvalue weighted by atomic mass is 32.2. The van der Waals surface area contributed by atoms with E-state index in [1.165, 1.54) is 5.57 Å². The van der Waals surface area contributed by atoms with Crippen molar-refractivity contribution in [1.29, 1.82) is 0 Å². The van der Waals surface area contributed by atoms with E-state index in [1.54, 1.807) is 18.7 Å². The third-order valence-electron chi connectivity index (χ3n) is 9.10. The zero-order valence-corrected chi connectivity index (χ0v) is 18.7. The van der Waals surface area contributed by atoms with E-state index < -0.39 is 5.97 Å². The molecule has 1 N–H and O–H groups in total. The van der Waals surface area contributed by atoms with Crippen molar-refractivity contribution < 1.29 is 19.5 Å². The smallest absolute Gasteiger partial charge is 0.304 e. The maximum atomic E-state index is 12.4. The number of ketones is 2. The molecule has 0 aromatic heterocycles. The van der Waals surface area contributed by atoms with Crippen LogP contribution in [0.3, 0.4) is 0 Å². The van der Waals surface area contributed by atoms with E-state index in [1.807, 2.05) is 6.08 Å². The second kappa shape index (κ2) is 7.55. The van der Waals surface area contributed by atoms with Gasteiger partial charge in [0, 0.05) is 23.3 Å². The SMILES string of the molecule is CC(=O)[C@H]1CC[C@H]2[C@@H]3C(SCCC(=O)O)CC4=CC(=O)CC[C@]4(C)[C@H]3CC[C@]12C. The monoisotopic (exact) mass is 418 g/mol. The number of hydrogen-bond donors (Lipinski definition) is 1. The number of allylic oxidation sites excluding steroid dienone is 1. The lowest BCUT2D eigenvalue weighted by molar-refractivity contribution is -0.136. The molecule has 29 heavy (non-hydrogen) atoms. The fourth-order valence-corrected chi connectivity index (χ4v) is 9.13. The van der Waals surface area contributed by atoms with Crippen LogP contribution < -0.4 is 0 Å². The molecule has 3 fully saturated rings. The molecular weight excluding hydrogens is 384 g/mol. The van der Waals surface area contributed by atoms with Gasteiger partial charge in [-0.3, -0.25) is 14.4 Å². The van der Waals surface area contributed by atoms with E-state index in [4.69, 9.17) is 5.11 Å². The summed E-state index contributed by atoms with van der Waals surface area (Å²) in [5.74, 6) is 2.25. The number of fused-ring (bicyclic) bond motifs is 5. The Morgan fingerprint density at radius 2 is 1.93 bits per heavy atom. The van der Waals surface area contributed by atoms with Crippen LogP contribution in [-0.2, 0) is 14.4 Å². The molecule has 0 saturated heterocycles. The van der Waals surface area contributed by atoms with Crippen molar-refractivity contribution in [2.24, 2.45) is 34.5 Å². The summed E-state index contributed by atoms with van der Waals surface area (Å²) in [6, 6.07) is 0. The van der Waals surface area contributed by atoms with Gasteiger partial charge in [-0.2, -0.15) is 11.8 Å². The van der Waals surface area contributed by atoms with E-state index in [9.17, 15) is 14.4 Å². The molecule has 1 unspecified atom stereocenters. The lowest BCUT2D eigenvalue weighted by Crippen LogP contribution is -2.55. The highest BCUT2D eigenvalue weighted by Gasteiger charge is 2.61. The Bertz CT molecular complexity index is 758. The summed E-state index contributed by atoms with van der Waals surface area (Å²) in [4.78, 5) is 35.7. The third kappa shape index (κ3) is 3.41. The van der Waals surface area contributed by atoms with Crippen LogP contribution in [0.2, 0.25) is 0 Å². The first-order valence-electron chi connectivity index (χ1n) is 11.2. The predicted molar refractivity (Wildman–Crippen MR) is 115 cm³/mol. The summed E-state index contributed by atoms with van der Waals surface area (Å²) in [5.41, 5.74) is 1.49. The van der Waals surface area contributed by atoms with Crippen LogP contribution in [0.15, 0.2) is 11.6 Å². The van der Waals surface area contributed by atoms with Crippen LogP contribution in [-0.4, -0.2) is 33.6 Å². The normalized spacial score (nSPS) is 43.8. The fraction of sp³-hybridized carbons (Fsp3) is 0.792. The number of aliphatic carboxylic acids is 1. The highest BCUT2D eigenvalue weighted by Crippen LogP contribution is 2.68. The molecule has 0 heterocycles. The van der Waals surface area contributed by atoms with Crippen molar-refractivity contribution in [2.75, 3.05) is 5.75 Å². The number of carbonyl (C=O) groups excluding carboxylic acids is 2. The van der Waals surface area contributed by atoms with E-state index in [-0.39, 0.29) is 29.0 Å². The van der Waals surface area contributed by atoms with Crippen molar-refractivity contribution in [2.45, 2.75) is 77.4 Å². The van der Waals surface area contributed by atoms with Gasteiger partial charge in [0.25, 0.3) is 0 Å². The van der Waals surface area contributed by atoms with E-state index >= 15 is 0 Å². The average molecular weight is 419 g/mol. The Hall–Kier alpha value is -1.10. The Morgan fingerprint density at radius 1 is 1.17 bits per heavy atom. The number of rotatable bonds is 5. The van der Waals surface area contributed by atoms with Crippen molar-refractivity contribution >= 4 is 29.3 Å². The van der Waals surface area contributed by atoms with Gasteiger partial charge >= 0.3 is 5.97 Å². The minimum absolute atomic E-state index is 0.0840. The lowest BCUT2D eigenvalue weighted by atomic mass is 9.46. The molecule has 0 aromatic carbocycles. The molecule has 160 valence electrons. The number of carboxylic acid groups (broad SMARTS) is 1. The van der Waals surface area contributed by atoms with E-state index in [0.717, 1.165) is 38.5 Å². The van der Waals surface area contributed by atoms with Crippen molar-refractivity contribution in [1.82, 2.24) is 0 Å². The molecule has 4 nitrogen and oxygen atoms in total. The number of carbonyl (C=O) groups is 3. The average Bonchev–Trinajstić information content (AvgIpc) is 3.00.